The van der Waals surface area contributed by atoms with Crippen molar-refractivity contribution in [2.75, 3.05) is 0 Å². The Labute approximate surface area is 320 Å². The van der Waals surface area contributed by atoms with E-state index >= 15 is 0 Å². The van der Waals surface area contributed by atoms with Gasteiger partial charge in [-0.15, -0.1) is 46.8 Å². The number of hydrogen-bond acceptors (Lipinski definition) is 3. The first-order valence-electron chi connectivity index (χ1n) is 17.4. The van der Waals surface area contributed by atoms with Gasteiger partial charge in [-0.2, -0.15) is 0 Å². The molecule has 263 valence electrons. The van der Waals surface area contributed by atoms with Crippen LogP contribution in [0.2, 0.25) is 19.6 Å². The Morgan fingerprint density at radius 1 is 0.712 bits per heavy atom. The number of rotatable bonds is 5. The zero-order valence-electron chi connectivity index (χ0n) is 30.3. The standard InChI is InChI=1S/C28H23FNO.C18H18NSi.Ir/c1-28(2,3)17-18-12-13-30-25(14-18)21-7-11-24-23-10-6-20(15-26(23)31-27(24)16-21)19-4-8-22(29)9-5-19;1-20(2,3)15-11-12-18(19-13-15)17-10-6-8-14-7-4-5-9-16(14)17;/h4-6,8-16H,17H2,1-3H3;4-9,11-13H,1-3H3;/q2*-1;. The van der Waals surface area contributed by atoms with Gasteiger partial charge in [0.05, 0.1) is 13.7 Å². The molecule has 52 heavy (non-hydrogen) atoms. The molecule has 0 N–H and O–H groups in total. The molecule has 1 radical (unpaired) electrons. The van der Waals surface area contributed by atoms with Gasteiger partial charge in [0.15, 0.2) is 0 Å². The summed E-state index contributed by atoms with van der Waals surface area (Å²) in [6.07, 6.45) is 4.89. The van der Waals surface area contributed by atoms with E-state index in [9.17, 15) is 4.39 Å². The maximum absolute atomic E-state index is 13.3. The predicted molar refractivity (Wildman–Crippen MR) is 213 cm³/mol. The summed E-state index contributed by atoms with van der Waals surface area (Å²) < 4.78 is 19.4. The maximum Gasteiger partial charge on any atom is 0.124 e. The van der Waals surface area contributed by atoms with Crippen molar-refractivity contribution in [3.05, 3.63) is 151 Å². The fourth-order valence-electron chi connectivity index (χ4n) is 6.39. The second-order valence-electron chi connectivity index (χ2n) is 15.4. The second kappa shape index (κ2) is 15.1. The van der Waals surface area contributed by atoms with Gasteiger partial charge in [-0.1, -0.05) is 130 Å². The van der Waals surface area contributed by atoms with Gasteiger partial charge < -0.3 is 14.4 Å². The fraction of sp³-hybridized carbons (Fsp3) is 0.174. The van der Waals surface area contributed by atoms with E-state index in [1.165, 1.54) is 33.7 Å². The molecule has 3 aromatic heterocycles. The Morgan fingerprint density at radius 2 is 1.46 bits per heavy atom. The van der Waals surface area contributed by atoms with E-state index in [0.29, 0.717) is 0 Å². The minimum atomic E-state index is -1.28. The Balaban J connectivity index is 0.000000192. The van der Waals surface area contributed by atoms with Crippen molar-refractivity contribution in [1.82, 2.24) is 9.97 Å². The number of benzene rings is 5. The zero-order chi connectivity index (χ0) is 35.8. The summed E-state index contributed by atoms with van der Waals surface area (Å²) in [5.41, 5.74) is 8.95. The normalized spacial score (nSPS) is 11.7. The minimum Gasteiger partial charge on any atom is -0.476 e. The van der Waals surface area contributed by atoms with Crippen molar-refractivity contribution < 1.29 is 28.9 Å². The monoisotopic (exact) mass is 877 g/mol. The van der Waals surface area contributed by atoms with Crippen LogP contribution >= 0.6 is 0 Å². The van der Waals surface area contributed by atoms with Crippen LogP contribution in [0.1, 0.15) is 26.3 Å². The van der Waals surface area contributed by atoms with Crippen LogP contribution in [0.25, 0.3) is 66.4 Å². The molecule has 0 atom stereocenters. The van der Waals surface area contributed by atoms with Crippen LogP contribution in [0.15, 0.2) is 132 Å². The van der Waals surface area contributed by atoms with Crippen LogP contribution in [0.3, 0.4) is 0 Å². The van der Waals surface area contributed by atoms with Crippen molar-refractivity contribution in [2.45, 2.75) is 46.8 Å². The molecule has 3 nitrogen and oxygen atoms in total. The van der Waals surface area contributed by atoms with Gasteiger partial charge in [0.1, 0.15) is 11.4 Å². The zero-order valence-corrected chi connectivity index (χ0v) is 33.7. The van der Waals surface area contributed by atoms with Crippen molar-refractivity contribution in [3.63, 3.8) is 0 Å². The first kappa shape index (κ1) is 37.0. The molecule has 0 bridgehead atoms. The van der Waals surface area contributed by atoms with Gasteiger partial charge in [0, 0.05) is 32.5 Å². The molecule has 0 aliphatic rings. The number of hydrogen-bond donors (Lipinski definition) is 0. The number of pyridine rings is 2. The Hall–Kier alpha value is -4.74. The molecule has 0 fully saturated rings. The van der Waals surface area contributed by atoms with Crippen LogP contribution in [0, 0.1) is 23.4 Å². The molecule has 0 saturated carbocycles. The Morgan fingerprint density at radius 3 is 2.19 bits per heavy atom. The molecule has 0 amide bonds. The molecular formula is C46H41FIrN2OSi-2. The number of fused-ring (bicyclic) bond motifs is 4. The number of aromatic nitrogens is 2. The van der Waals surface area contributed by atoms with Gasteiger partial charge in [-0.25, -0.2) is 4.39 Å². The first-order valence-corrected chi connectivity index (χ1v) is 20.9. The summed E-state index contributed by atoms with van der Waals surface area (Å²) in [5, 5.41) is 5.90. The topological polar surface area (TPSA) is 38.9 Å². The quantitative estimate of drug-likeness (QED) is 0.128. The van der Waals surface area contributed by atoms with Crippen molar-refractivity contribution in [2.24, 2.45) is 5.41 Å². The summed E-state index contributed by atoms with van der Waals surface area (Å²) in [5.74, 6) is -0.239. The van der Waals surface area contributed by atoms with Crippen LogP contribution in [0.4, 0.5) is 4.39 Å². The van der Waals surface area contributed by atoms with Crippen LogP contribution in [0.5, 0.6) is 0 Å². The van der Waals surface area contributed by atoms with E-state index in [2.05, 4.69) is 123 Å². The smallest absolute Gasteiger partial charge is 0.124 e. The Kier molecular flexibility index (Phi) is 10.7. The molecule has 8 rings (SSSR count). The average molecular weight is 877 g/mol. The van der Waals surface area contributed by atoms with E-state index in [1.54, 1.807) is 12.1 Å². The summed E-state index contributed by atoms with van der Waals surface area (Å²) >= 11 is 0. The van der Waals surface area contributed by atoms with Crippen LogP contribution in [-0.2, 0) is 26.5 Å². The van der Waals surface area contributed by atoms with Crippen LogP contribution in [-0.4, -0.2) is 18.0 Å². The molecule has 0 aliphatic heterocycles. The third-order valence-electron chi connectivity index (χ3n) is 9.02. The molecule has 6 heteroatoms. The average Bonchev–Trinajstić information content (AvgIpc) is 3.48. The Bertz CT molecular complexity index is 2470. The number of furan rings is 1. The largest absolute Gasteiger partial charge is 0.476 e. The second-order valence-corrected chi connectivity index (χ2v) is 20.4. The van der Waals surface area contributed by atoms with Gasteiger partial charge in [0.2, 0.25) is 0 Å². The van der Waals surface area contributed by atoms with Gasteiger partial charge in [-0.3, -0.25) is 0 Å². The summed E-state index contributed by atoms with van der Waals surface area (Å²) in [6.45, 7) is 13.7. The molecule has 0 spiro atoms. The third-order valence-corrected chi connectivity index (χ3v) is 11.1. The van der Waals surface area contributed by atoms with Crippen LogP contribution < -0.4 is 5.19 Å². The van der Waals surface area contributed by atoms with Crippen molar-refractivity contribution >= 4 is 46.0 Å². The number of halogens is 1. The maximum atomic E-state index is 13.3. The number of nitrogens with zero attached hydrogens (tertiary/aromatic N) is 2. The first-order chi connectivity index (χ1) is 24.4. The van der Waals surface area contributed by atoms with Gasteiger partial charge in [-0.05, 0) is 69.2 Å². The molecule has 0 unspecified atom stereocenters. The van der Waals surface area contributed by atoms with Gasteiger partial charge in [0.25, 0.3) is 0 Å². The molecule has 3 heterocycles. The van der Waals surface area contributed by atoms with E-state index in [0.717, 1.165) is 62.0 Å². The SMILES string of the molecule is CC(C)(C)Cc1ccnc(-c2[c-]cc3c(c2)oc2cc(-c4ccc(F)cc4)ccc23)c1.C[Si](C)(C)c1ccc(-c2[c-]ccc3ccccc23)nc1.[Ir]. The molecule has 0 aliphatic carbocycles. The van der Waals surface area contributed by atoms with E-state index in [1.807, 2.05) is 42.7 Å². The third kappa shape index (κ3) is 8.31. The molecule has 0 saturated heterocycles. The summed E-state index contributed by atoms with van der Waals surface area (Å²) in [7, 11) is -1.28. The van der Waals surface area contributed by atoms with E-state index in [4.69, 9.17) is 4.42 Å². The molecule has 5 aromatic carbocycles. The predicted octanol–water partition coefficient (Wildman–Crippen LogP) is 12.1. The van der Waals surface area contributed by atoms with Crippen molar-refractivity contribution in [3.8, 4) is 33.6 Å². The fourth-order valence-corrected chi connectivity index (χ4v) is 7.42. The van der Waals surface area contributed by atoms with E-state index in [-0.39, 0.29) is 31.3 Å². The van der Waals surface area contributed by atoms with E-state index < -0.39 is 8.07 Å². The summed E-state index contributed by atoms with van der Waals surface area (Å²) in [6, 6.07) is 44.3. The van der Waals surface area contributed by atoms with Gasteiger partial charge >= 0.3 is 0 Å². The molecular weight excluding hydrogens is 836 g/mol. The minimum absolute atomic E-state index is 0. The van der Waals surface area contributed by atoms with Crippen molar-refractivity contribution in [1.29, 1.82) is 0 Å². The summed E-state index contributed by atoms with van der Waals surface area (Å²) in [4.78, 5) is 9.23. The molecule has 8 aromatic rings.